The van der Waals surface area contributed by atoms with Crippen molar-refractivity contribution >= 4 is 26.9 Å². The minimum Gasteiger partial charge on any atom is -0.461 e. The normalized spacial score (nSPS) is 11.2. The molecule has 0 unspecified atom stereocenters. The number of furan rings is 1. The molecule has 1 aromatic heterocycles. The standard InChI is InChI=1S/C16H21BrO2/c17-10-5-1-2-6-11-18-12-9-15-13-14-7-3-4-8-16(14)19-15/h3-4,7-8,13H,1-2,5-6,9-12H2. The van der Waals surface area contributed by atoms with Gasteiger partial charge in [-0.15, -0.1) is 0 Å². The van der Waals surface area contributed by atoms with Crippen LogP contribution in [0.3, 0.4) is 0 Å². The fourth-order valence-electron chi connectivity index (χ4n) is 2.09. The molecule has 0 aliphatic carbocycles. The minimum absolute atomic E-state index is 0.748. The van der Waals surface area contributed by atoms with Gasteiger partial charge < -0.3 is 9.15 Å². The summed E-state index contributed by atoms with van der Waals surface area (Å²) in [6, 6.07) is 10.2. The van der Waals surface area contributed by atoms with Gasteiger partial charge >= 0.3 is 0 Å². The number of rotatable bonds is 9. The molecule has 0 fully saturated rings. The fourth-order valence-corrected chi connectivity index (χ4v) is 2.48. The van der Waals surface area contributed by atoms with Crippen molar-refractivity contribution in [1.82, 2.24) is 0 Å². The molecule has 0 bridgehead atoms. The molecule has 104 valence electrons. The maximum Gasteiger partial charge on any atom is 0.134 e. The molecule has 0 saturated heterocycles. The molecule has 19 heavy (non-hydrogen) atoms. The molecule has 2 aromatic rings. The summed E-state index contributed by atoms with van der Waals surface area (Å²) >= 11 is 3.44. The number of fused-ring (bicyclic) bond motifs is 1. The summed E-state index contributed by atoms with van der Waals surface area (Å²) in [6.07, 6.45) is 5.83. The van der Waals surface area contributed by atoms with Crippen LogP contribution in [0.15, 0.2) is 34.7 Å². The van der Waals surface area contributed by atoms with E-state index in [0.717, 1.165) is 42.7 Å². The third-order valence-electron chi connectivity index (χ3n) is 3.14. The van der Waals surface area contributed by atoms with Gasteiger partial charge in [-0.3, -0.25) is 0 Å². The predicted octanol–water partition coefficient (Wildman–Crippen LogP) is 4.95. The Balaban J connectivity index is 1.60. The molecular formula is C16H21BrO2. The van der Waals surface area contributed by atoms with Crippen molar-refractivity contribution in [1.29, 1.82) is 0 Å². The quantitative estimate of drug-likeness (QED) is 0.481. The van der Waals surface area contributed by atoms with E-state index in [9.17, 15) is 0 Å². The third-order valence-corrected chi connectivity index (χ3v) is 3.70. The summed E-state index contributed by atoms with van der Waals surface area (Å²) in [4.78, 5) is 0. The second-order valence-corrected chi connectivity index (χ2v) is 5.51. The topological polar surface area (TPSA) is 22.4 Å². The van der Waals surface area contributed by atoms with Crippen LogP contribution in [0.25, 0.3) is 11.0 Å². The van der Waals surface area contributed by atoms with Crippen LogP contribution in [-0.4, -0.2) is 18.5 Å². The van der Waals surface area contributed by atoms with Crippen LogP contribution in [0.4, 0.5) is 0 Å². The smallest absolute Gasteiger partial charge is 0.134 e. The summed E-state index contributed by atoms with van der Waals surface area (Å²) in [5, 5.41) is 2.28. The molecule has 1 aromatic carbocycles. The van der Waals surface area contributed by atoms with Crippen LogP contribution in [-0.2, 0) is 11.2 Å². The van der Waals surface area contributed by atoms with Crippen molar-refractivity contribution in [3.8, 4) is 0 Å². The highest BCUT2D eigenvalue weighted by atomic mass is 79.9. The number of ether oxygens (including phenoxy) is 1. The molecule has 0 radical (unpaired) electrons. The zero-order chi connectivity index (χ0) is 13.3. The van der Waals surface area contributed by atoms with E-state index in [1.165, 1.54) is 24.6 Å². The molecule has 0 aliphatic heterocycles. The number of halogens is 1. The Bertz CT molecular complexity index is 445. The number of benzene rings is 1. The first kappa shape index (κ1) is 14.6. The van der Waals surface area contributed by atoms with E-state index in [0.29, 0.717) is 0 Å². The van der Waals surface area contributed by atoms with Crippen LogP contribution in [0.5, 0.6) is 0 Å². The van der Waals surface area contributed by atoms with E-state index >= 15 is 0 Å². The van der Waals surface area contributed by atoms with E-state index in [4.69, 9.17) is 9.15 Å². The van der Waals surface area contributed by atoms with Gasteiger partial charge in [0.15, 0.2) is 0 Å². The van der Waals surface area contributed by atoms with E-state index in [1.807, 2.05) is 18.2 Å². The van der Waals surface area contributed by atoms with E-state index < -0.39 is 0 Å². The summed E-state index contributed by atoms with van der Waals surface area (Å²) < 4.78 is 11.4. The molecule has 0 spiro atoms. The van der Waals surface area contributed by atoms with Crippen LogP contribution in [0.1, 0.15) is 31.4 Å². The lowest BCUT2D eigenvalue weighted by molar-refractivity contribution is 0.130. The lowest BCUT2D eigenvalue weighted by atomic mass is 10.2. The fraction of sp³-hybridized carbons (Fsp3) is 0.500. The van der Waals surface area contributed by atoms with E-state index in [-0.39, 0.29) is 0 Å². The second-order valence-electron chi connectivity index (χ2n) is 4.72. The monoisotopic (exact) mass is 324 g/mol. The second kappa shape index (κ2) is 8.39. The van der Waals surface area contributed by atoms with Gasteiger partial charge in [0.1, 0.15) is 11.3 Å². The Kier molecular flexibility index (Phi) is 6.45. The van der Waals surface area contributed by atoms with Crippen molar-refractivity contribution in [3.63, 3.8) is 0 Å². The lowest BCUT2D eigenvalue weighted by Gasteiger charge is -2.02. The van der Waals surface area contributed by atoms with E-state index in [2.05, 4.69) is 28.1 Å². The highest BCUT2D eigenvalue weighted by Crippen LogP contribution is 2.19. The Morgan fingerprint density at radius 3 is 2.68 bits per heavy atom. The lowest BCUT2D eigenvalue weighted by Crippen LogP contribution is -1.99. The van der Waals surface area contributed by atoms with Crippen LogP contribution in [0, 0.1) is 0 Å². The molecule has 0 saturated carbocycles. The number of unbranched alkanes of at least 4 members (excludes halogenated alkanes) is 3. The average Bonchev–Trinajstić information content (AvgIpc) is 2.84. The Hall–Kier alpha value is -0.800. The Labute approximate surface area is 123 Å². The number of hydrogen-bond donors (Lipinski definition) is 0. The van der Waals surface area contributed by atoms with Crippen LogP contribution < -0.4 is 0 Å². The van der Waals surface area contributed by atoms with E-state index in [1.54, 1.807) is 0 Å². The SMILES string of the molecule is BrCCCCCCOCCc1cc2ccccc2o1. The van der Waals surface area contributed by atoms with Crippen molar-refractivity contribution in [3.05, 3.63) is 36.1 Å². The molecule has 2 rings (SSSR count). The average molecular weight is 325 g/mol. The van der Waals surface area contributed by atoms with Gasteiger partial charge in [0, 0.05) is 23.7 Å². The molecule has 0 atom stereocenters. The Morgan fingerprint density at radius 1 is 1.00 bits per heavy atom. The molecular weight excluding hydrogens is 304 g/mol. The summed E-state index contributed by atoms with van der Waals surface area (Å²) in [7, 11) is 0. The maximum atomic E-state index is 5.74. The molecule has 2 nitrogen and oxygen atoms in total. The highest BCUT2D eigenvalue weighted by molar-refractivity contribution is 9.09. The van der Waals surface area contributed by atoms with Gasteiger partial charge in [0.25, 0.3) is 0 Å². The van der Waals surface area contributed by atoms with Gasteiger partial charge in [-0.05, 0) is 25.0 Å². The first-order chi connectivity index (χ1) is 9.40. The predicted molar refractivity (Wildman–Crippen MR) is 83.0 cm³/mol. The molecule has 1 heterocycles. The van der Waals surface area contributed by atoms with Crippen molar-refractivity contribution in [2.75, 3.05) is 18.5 Å². The number of para-hydroxylation sites is 1. The molecule has 0 N–H and O–H groups in total. The maximum absolute atomic E-state index is 5.74. The molecule has 0 aliphatic rings. The summed E-state index contributed by atoms with van der Waals surface area (Å²) in [6.45, 7) is 1.61. The molecule has 0 amide bonds. The largest absolute Gasteiger partial charge is 0.461 e. The van der Waals surface area contributed by atoms with Crippen molar-refractivity contribution in [2.45, 2.75) is 32.1 Å². The first-order valence-electron chi connectivity index (χ1n) is 7.01. The van der Waals surface area contributed by atoms with Crippen molar-refractivity contribution < 1.29 is 9.15 Å². The van der Waals surface area contributed by atoms with Gasteiger partial charge in [-0.25, -0.2) is 0 Å². The third kappa shape index (κ3) is 5.00. The van der Waals surface area contributed by atoms with Crippen LogP contribution >= 0.6 is 15.9 Å². The minimum atomic E-state index is 0.748. The Morgan fingerprint density at radius 2 is 1.84 bits per heavy atom. The zero-order valence-electron chi connectivity index (χ0n) is 11.2. The number of hydrogen-bond acceptors (Lipinski definition) is 2. The van der Waals surface area contributed by atoms with Crippen molar-refractivity contribution in [2.24, 2.45) is 0 Å². The highest BCUT2D eigenvalue weighted by Gasteiger charge is 2.02. The summed E-state index contributed by atoms with van der Waals surface area (Å²) in [5.41, 5.74) is 0.965. The molecule has 3 heteroatoms. The summed E-state index contributed by atoms with van der Waals surface area (Å²) in [5.74, 6) is 1.01. The van der Waals surface area contributed by atoms with Gasteiger partial charge in [-0.2, -0.15) is 0 Å². The first-order valence-corrected chi connectivity index (χ1v) is 8.13. The number of alkyl halides is 1. The van der Waals surface area contributed by atoms with Gasteiger partial charge in [0.05, 0.1) is 6.61 Å². The van der Waals surface area contributed by atoms with Gasteiger partial charge in [0.2, 0.25) is 0 Å². The van der Waals surface area contributed by atoms with Gasteiger partial charge in [-0.1, -0.05) is 47.0 Å². The van der Waals surface area contributed by atoms with Crippen LogP contribution in [0.2, 0.25) is 0 Å². The zero-order valence-corrected chi connectivity index (χ0v) is 12.8.